The van der Waals surface area contributed by atoms with Crippen LogP contribution < -0.4 is 11.1 Å². The zero-order valence-corrected chi connectivity index (χ0v) is 9.93. The molecule has 0 saturated carbocycles. The molecule has 17 heavy (non-hydrogen) atoms. The number of likely N-dealkylation sites (tertiary alicyclic amines) is 1. The Morgan fingerprint density at radius 1 is 1.41 bits per heavy atom. The van der Waals surface area contributed by atoms with Gasteiger partial charge in [0, 0.05) is 19.6 Å². The predicted molar refractivity (Wildman–Crippen MR) is 67.4 cm³/mol. The van der Waals surface area contributed by atoms with Crippen molar-refractivity contribution in [3.63, 3.8) is 0 Å². The fourth-order valence-electron chi connectivity index (χ4n) is 2.31. The lowest BCUT2D eigenvalue weighted by atomic mass is 10.1. The van der Waals surface area contributed by atoms with E-state index in [9.17, 15) is 4.79 Å². The summed E-state index contributed by atoms with van der Waals surface area (Å²) in [6.07, 6.45) is 1.13. The van der Waals surface area contributed by atoms with E-state index in [2.05, 4.69) is 34.5 Å². The number of nitrogens with two attached hydrogens (primary N) is 1. The van der Waals surface area contributed by atoms with E-state index in [4.69, 9.17) is 5.73 Å². The number of benzene rings is 1. The molecule has 0 aliphatic carbocycles. The maximum absolute atomic E-state index is 10.6. The lowest BCUT2D eigenvalue weighted by Crippen LogP contribution is -2.34. The molecule has 2 rings (SSSR count). The summed E-state index contributed by atoms with van der Waals surface area (Å²) in [6, 6.07) is 10.0. The van der Waals surface area contributed by atoms with Gasteiger partial charge in [0.05, 0.1) is 0 Å². The SMILES string of the molecule is NC(=O)NC[C@@H]1CCN(Cc2ccccc2)C1. The van der Waals surface area contributed by atoms with E-state index >= 15 is 0 Å². The lowest BCUT2D eigenvalue weighted by Gasteiger charge is -2.16. The molecule has 0 unspecified atom stereocenters. The van der Waals surface area contributed by atoms with Crippen LogP contribution in [-0.4, -0.2) is 30.6 Å². The Bertz CT molecular complexity index is 366. The largest absolute Gasteiger partial charge is 0.352 e. The van der Waals surface area contributed by atoms with Crippen molar-refractivity contribution in [3.05, 3.63) is 35.9 Å². The number of nitrogens with one attached hydrogen (secondary N) is 1. The zero-order valence-electron chi connectivity index (χ0n) is 9.93. The van der Waals surface area contributed by atoms with Crippen molar-refractivity contribution in [1.29, 1.82) is 0 Å². The third-order valence-corrected chi connectivity index (χ3v) is 3.18. The molecule has 1 aliphatic heterocycles. The van der Waals surface area contributed by atoms with Crippen molar-refractivity contribution >= 4 is 6.03 Å². The normalized spacial score (nSPS) is 20.4. The minimum absolute atomic E-state index is 0.425. The highest BCUT2D eigenvalue weighted by molar-refractivity contribution is 5.71. The molecule has 1 aromatic rings. The van der Waals surface area contributed by atoms with Gasteiger partial charge in [-0.2, -0.15) is 0 Å². The van der Waals surface area contributed by atoms with E-state index in [1.807, 2.05) is 6.07 Å². The van der Waals surface area contributed by atoms with Crippen molar-refractivity contribution in [2.24, 2.45) is 11.7 Å². The van der Waals surface area contributed by atoms with Gasteiger partial charge in [-0.1, -0.05) is 30.3 Å². The van der Waals surface area contributed by atoms with Crippen molar-refractivity contribution < 1.29 is 4.79 Å². The standard InChI is InChI=1S/C13H19N3O/c14-13(17)15-8-12-6-7-16(10-12)9-11-4-2-1-3-5-11/h1-5,12H,6-10H2,(H3,14,15,17)/t12-/m0/s1. The van der Waals surface area contributed by atoms with Gasteiger partial charge in [0.25, 0.3) is 0 Å². The molecule has 92 valence electrons. The molecule has 4 heteroatoms. The van der Waals surface area contributed by atoms with E-state index < -0.39 is 6.03 Å². The van der Waals surface area contributed by atoms with Gasteiger partial charge in [0.1, 0.15) is 0 Å². The first-order valence-corrected chi connectivity index (χ1v) is 6.03. The number of nitrogens with zero attached hydrogens (tertiary/aromatic N) is 1. The second kappa shape index (κ2) is 5.68. The summed E-state index contributed by atoms with van der Waals surface area (Å²) in [6.45, 7) is 3.82. The highest BCUT2D eigenvalue weighted by atomic mass is 16.2. The number of hydrogen-bond acceptors (Lipinski definition) is 2. The predicted octanol–water partition coefficient (Wildman–Crippen LogP) is 1.18. The van der Waals surface area contributed by atoms with E-state index in [1.165, 1.54) is 5.56 Å². The second-order valence-corrected chi connectivity index (χ2v) is 4.62. The fraction of sp³-hybridized carbons (Fsp3) is 0.462. The molecule has 0 radical (unpaired) electrons. The van der Waals surface area contributed by atoms with Gasteiger partial charge in [-0.15, -0.1) is 0 Å². The van der Waals surface area contributed by atoms with Gasteiger partial charge in [-0.25, -0.2) is 4.79 Å². The number of urea groups is 1. The van der Waals surface area contributed by atoms with E-state index in [0.29, 0.717) is 12.5 Å². The maximum atomic E-state index is 10.6. The van der Waals surface area contributed by atoms with Gasteiger partial charge in [0.2, 0.25) is 0 Å². The Labute approximate surface area is 102 Å². The summed E-state index contributed by atoms with van der Waals surface area (Å²) < 4.78 is 0. The molecule has 0 spiro atoms. The number of carbonyl (C=O) groups excluding carboxylic acids is 1. The molecule has 1 aliphatic rings. The van der Waals surface area contributed by atoms with Crippen LogP contribution in [0.3, 0.4) is 0 Å². The molecular formula is C13H19N3O. The first-order chi connectivity index (χ1) is 8.24. The summed E-state index contributed by atoms with van der Waals surface area (Å²) in [5.74, 6) is 0.534. The third kappa shape index (κ3) is 3.75. The molecule has 0 aromatic heterocycles. The number of rotatable bonds is 4. The molecule has 1 fully saturated rings. The van der Waals surface area contributed by atoms with E-state index in [0.717, 1.165) is 26.1 Å². The molecule has 1 heterocycles. The monoisotopic (exact) mass is 233 g/mol. The number of primary amides is 1. The number of hydrogen-bond donors (Lipinski definition) is 2. The van der Waals surface area contributed by atoms with Crippen molar-refractivity contribution in [2.45, 2.75) is 13.0 Å². The van der Waals surface area contributed by atoms with Crippen LogP contribution in [0.2, 0.25) is 0 Å². The molecule has 1 atom stereocenters. The van der Waals surface area contributed by atoms with Gasteiger partial charge in [-0.05, 0) is 24.4 Å². The summed E-state index contributed by atoms with van der Waals surface area (Å²) >= 11 is 0. The average Bonchev–Trinajstić information content (AvgIpc) is 2.75. The van der Waals surface area contributed by atoms with Crippen LogP contribution >= 0.6 is 0 Å². The Morgan fingerprint density at radius 3 is 2.88 bits per heavy atom. The average molecular weight is 233 g/mol. The molecule has 1 saturated heterocycles. The number of amides is 2. The van der Waals surface area contributed by atoms with Crippen molar-refractivity contribution in [3.8, 4) is 0 Å². The van der Waals surface area contributed by atoms with Crippen molar-refractivity contribution in [2.75, 3.05) is 19.6 Å². The van der Waals surface area contributed by atoms with Crippen LogP contribution in [0.25, 0.3) is 0 Å². The summed E-state index contributed by atoms with van der Waals surface area (Å²) in [5, 5.41) is 2.68. The quantitative estimate of drug-likeness (QED) is 0.820. The smallest absolute Gasteiger partial charge is 0.312 e. The molecule has 3 N–H and O–H groups in total. The number of carbonyl (C=O) groups is 1. The van der Waals surface area contributed by atoms with Crippen LogP contribution in [0.4, 0.5) is 4.79 Å². The molecule has 4 nitrogen and oxygen atoms in total. The summed E-state index contributed by atoms with van der Waals surface area (Å²) in [7, 11) is 0. The Hall–Kier alpha value is -1.55. The topological polar surface area (TPSA) is 58.4 Å². The fourth-order valence-corrected chi connectivity index (χ4v) is 2.31. The van der Waals surface area contributed by atoms with Crippen molar-refractivity contribution in [1.82, 2.24) is 10.2 Å². The minimum atomic E-state index is -0.425. The van der Waals surface area contributed by atoms with Crippen LogP contribution in [0, 0.1) is 5.92 Å². The second-order valence-electron chi connectivity index (χ2n) is 4.62. The van der Waals surface area contributed by atoms with Crippen LogP contribution in [0.1, 0.15) is 12.0 Å². The Balaban J connectivity index is 1.76. The highest BCUT2D eigenvalue weighted by Gasteiger charge is 2.22. The Morgan fingerprint density at radius 2 is 2.18 bits per heavy atom. The van der Waals surface area contributed by atoms with E-state index in [-0.39, 0.29) is 0 Å². The molecule has 1 aromatic carbocycles. The minimum Gasteiger partial charge on any atom is -0.352 e. The summed E-state index contributed by atoms with van der Waals surface area (Å²) in [5.41, 5.74) is 6.41. The first-order valence-electron chi connectivity index (χ1n) is 6.03. The maximum Gasteiger partial charge on any atom is 0.312 e. The Kier molecular flexibility index (Phi) is 3.98. The first kappa shape index (κ1) is 11.9. The van der Waals surface area contributed by atoms with E-state index in [1.54, 1.807) is 0 Å². The van der Waals surface area contributed by atoms with Gasteiger partial charge in [-0.3, -0.25) is 4.90 Å². The van der Waals surface area contributed by atoms with Crippen LogP contribution in [0.15, 0.2) is 30.3 Å². The molecule has 2 amide bonds. The van der Waals surface area contributed by atoms with Gasteiger partial charge < -0.3 is 11.1 Å². The van der Waals surface area contributed by atoms with Crippen LogP contribution in [-0.2, 0) is 6.54 Å². The molecular weight excluding hydrogens is 214 g/mol. The van der Waals surface area contributed by atoms with Gasteiger partial charge in [0.15, 0.2) is 0 Å². The lowest BCUT2D eigenvalue weighted by molar-refractivity contribution is 0.246. The summed E-state index contributed by atoms with van der Waals surface area (Å²) in [4.78, 5) is 13.0. The van der Waals surface area contributed by atoms with Crippen LogP contribution in [0.5, 0.6) is 0 Å². The highest BCUT2D eigenvalue weighted by Crippen LogP contribution is 2.17. The molecule has 0 bridgehead atoms. The zero-order chi connectivity index (χ0) is 12.1. The van der Waals surface area contributed by atoms with Gasteiger partial charge >= 0.3 is 6.03 Å². The third-order valence-electron chi connectivity index (χ3n) is 3.18.